The minimum absolute atomic E-state index is 0.116. The number of amides is 2. The maximum Gasteiger partial charge on any atom is 0.321 e. The third kappa shape index (κ3) is 3.49. The molecule has 1 aliphatic rings. The fraction of sp³-hybridized carbons (Fsp3) is 0.467. The highest BCUT2D eigenvalue weighted by atomic mass is 16.2. The molecule has 106 valence electrons. The van der Waals surface area contributed by atoms with Gasteiger partial charge < -0.3 is 16.0 Å². The van der Waals surface area contributed by atoms with Crippen molar-refractivity contribution in [3.8, 4) is 6.07 Å². The molecular weight excluding hydrogens is 252 g/mol. The first-order valence-corrected chi connectivity index (χ1v) is 6.89. The van der Waals surface area contributed by atoms with Crippen LogP contribution in [0.3, 0.4) is 0 Å². The second kappa shape index (κ2) is 6.40. The summed E-state index contributed by atoms with van der Waals surface area (Å²) in [7, 11) is 1.82. The third-order valence-corrected chi connectivity index (χ3v) is 3.87. The van der Waals surface area contributed by atoms with E-state index in [4.69, 9.17) is 11.0 Å². The molecule has 3 N–H and O–H groups in total. The van der Waals surface area contributed by atoms with E-state index < -0.39 is 0 Å². The maximum absolute atomic E-state index is 12.2. The molecule has 2 amide bonds. The molecule has 1 aromatic rings. The number of carbonyl (C=O) groups is 1. The number of carbonyl (C=O) groups excluding carboxylic acids is 1. The summed E-state index contributed by atoms with van der Waals surface area (Å²) in [5, 5.41) is 11.6. The largest absolute Gasteiger partial charge is 0.328 e. The van der Waals surface area contributed by atoms with Gasteiger partial charge in [0.15, 0.2) is 0 Å². The van der Waals surface area contributed by atoms with Gasteiger partial charge in [-0.3, -0.25) is 0 Å². The van der Waals surface area contributed by atoms with Crippen LogP contribution in [0.4, 0.5) is 10.5 Å². The number of nitrogens with zero attached hydrogens (tertiary/aromatic N) is 2. The maximum atomic E-state index is 12.2. The van der Waals surface area contributed by atoms with Crippen LogP contribution in [0.15, 0.2) is 24.3 Å². The van der Waals surface area contributed by atoms with E-state index in [0.717, 1.165) is 25.7 Å². The number of benzene rings is 1. The van der Waals surface area contributed by atoms with Crippen LogP contribution in [0, 0.1) is 11.3 Å². The van der Waals surface area contributed by atoms with Gasteiger partial charge in [-0.15, -0.1) is 0 Å². The number of nitriles is 1. The molecule has 1 fully saturated rings. The van der Waals surface area contributed by atoms with Gasteiger partial charge in [0.25, 0.3) is 0 Å². The van der Waals surface area contributed by atoms with Crippen molar-refractivity contribution in [2.24, 2.45) is 5.73 Å². The number of anilines is 1. The van der Waals surface area contributed by atoms with Crippen LogP contribution >= 0.6 is 0 Å². The molecule has 1 aliphatic carbocycles. The van der Waals surface area contributed by atoms with Crippen LogP contribution in [0.5, 0.6) is 0 Å². The number of nitrogens with one attached hydrogen (secondary N) is 1. The van der Waals surface area contributed by atoms with Crippen LogP contribution < -0.4 is 11.1 Å². The predicted octanol–water partition coefficient (Wildman–Crippen LogP) is 2.29. The average molecular weight is 272 g/mol. The molecular formula is C15H20N4O. The minimum Gasteiger partial charge on any atom is -0.328 e. The molecule has 0 unspecified atom stereocenters. The summed E-state index contributed by atoms with van der Waals surface area (Å²) >= 11 is 0. The zero-order chi connectivity index (χ0) is 14.5. The lowest BCUT2D eigenvalue weighted by molar-refractivity contribution is 0.182. The molecule has 1 aromatic carbocycles. The molecule has 0 bridgehead atoms. The Kier molecular flexibility index (Phi) is 4.59. The zero-order valence-electron chi connectivity index (χ0n) is 11.7. The monoisotopic (exact) mass is 272 g/mol. The third-order valence-electron chi connectivity index (χ3n) is 3.87. The Bertz CT molecular complexity index is 498. The molecule has 0 radical (unpaired) electrons. The van der Waals surface area contributed by atoms with Gasteiger partial charge in [-0.2, -0.15) is 5.26 Å². The second-order valence-electron chi connectivity index (χ2n) is 5.30. The van der Waals surface area contributed by atoms with Gasteiger partial charge in [0.1, 0.15) is 0 Å². The topological polar surface area (TPSA) is 82.2 Å². The van der Waals surface area contributed by atoms with Gasteiger partial charge in [0.2, 0.25) is 0 Å². The van der Waals surface area contributed by atoms with Crippen molar-refractivity contribution in [3.63, 3.8) is 0 Å². The molecule has 0 atom stereocenters. The molecule has 0 heterocycles. The van der Waals surface area contributed by atoms with Crippen molar-refractivity contribution in [2.75, 3.05) is 12.4 Å². The summed E-state index contributed by atoms with van der Waals surface area (Å²) in [5.41, 5.74) is 7.16. The molecule has 20 heavy (non-hydrogen) atoms. The lowest BCUT2D eigenvalue weighted by Gasteiger charge is -2.33. The highest BCUT2D eigenvalue weighted by molar-refractivity contribution is 5.89. The summed E-state index contributed by atoms with van der Waals surface area (Å²) in [5.74, 6) is 0. The van der Waals surface area contributed by atoms with Crippen molar-refractivity contribution in [1.82, 2.24) is 4.90 Å². The van der Waals surface area contributed by atoms with Gasteiger partial charge in [-0.1, -0.05) is 0 Å². The SMILES string of the molecule is CN(C(=O)Nc1ccc(C#N)cc1)C1CCC(N)CC1. The van der Waals surface area contributed by atoms with E-state index in [1.54, 1.807) is 29.2 Å². The summed E-state index contributed by atoms with van der Waals surface area (Å²) in [6.45, 7) is 0. The fourth-order valence-electron chi connectivity index (χ4n) is 2.49. The average Bonchev–Trinajstić information content (AvgIpc) is 2.48. The Labute approximate surface area is 119 Å². The normalized spacial score (nSPS) is 21.9. The van der Waals surface area contributed by atoms with Crippen LogP contribution in [-0.4, -0.2) is 30.1 Å². The molecule has 0 spiro atoms. The number of rotatable bonds is 2. The molecule has 2 rings (SSSR count). The molecule has 5 nitrogen and oxygen atoms in total. The molecule has 0 aliphatic heterocycles. The van der Waals surface area contributed by atoms with Gasteiger partial charge in [0.05, 0.1) is 11.6 Å². The van der Waals surface area contributed by atoms with Crippen molar-refractivity contribution >= 4 is 11.7 Å². The number of hydrogen-bond acceptors (Lipinski definition) is 3. The van der Waals surface area contributed by atoms with E-state index in [1.807, 2.05) is 7.05 Å². The van der Waals surface area contributed by atoms with Crippen LogP contribution in [0.1, 0.15) is 31.2 Å². The van der Waals surface area contributed by atoms with Crippen molar-refractivity contribution in [2.45, 2.75) is 37.8 Å². The fourth-order valence-corrected chi connectivity index (χ4v) is 2.49. The van der Waals surface area contributed by atoms with Crippen LogP contribution in [0.2, 0.25) is 0 Å². The molecule has 0 aromatic heterocycles. The van der Waals surface area contributed by atoms with Crippen molar-refractivity contribution in [3.05, 3.63) is 29.8 Å². The minimum atomic E-state index is -0.116. The summed E-state index contributed by atoms with van der Waals surface area (Å²) in [6.07, 6.45) is 3.86. The Morgan fingerprint density at radius 1 is 1.30 bits per heavy atom. The number of nitrogens with two attached hydrogens (primary N) is 1. The Morgan fingerprint density at radius 3 is 2.45 bits per heavy atom. The quantitative estimate of drug-likeness (QED) is 0.866. The van der Waals surface area contributed by atoms with Gasteiger partial charge >= 0.3 is 6.03 Å². The molecule has 5 heteroatoms. The van der Waals surface area contributed by atoms with Crippen molar-refractivity contribution in [1.29, 1.82) is 5.26 Å². The van der Waals surface area contributed by atoms with Crippen LogP contribution in [-0.2, 0) is 0 Å². The van der Waals surface area contributed by atoms with Gasteiger partial charge in [-0.25, -0.2) is 4.79 Å². The smallest absolute Gasteiger partial charge is 0.321 e. The first kappa shape index (κ1) is 14.4. The highest BCUT2D eigenvalue weighted by Gasteiger charge is 2.24. The zero-order valence-corrected chi connectivity index (χ0v) is 11.7. The lowest BCUT2D eigenvalue weighted by Crippen LogP contribution is -2.43. The Balaban J connectivity index is 1.91. The van der Waals surface area contributed by atoms with Crippen LogP contribution in [0.25, 0.3) is 0 Å². The number of hydrogen-bond donors (Lipinski definition) is 2. The lowest BCUT2D eigenvalue weighted by atomic mass is 9.91. The molecule has 1 saturated carbocycles. The second-order valence-corrected chi connectivity index (χ2v) is 5.30. The van der Waals surface area contributed by atoms with E-state index in [-0.39, 0.29) is 18.1 Å². The van der Waals surface area contributed by atoms with Gasteiger partial charge in [0, 0.05) is 24.8 Å². The van der Waals surface area contributed by atoms with E-state index in [9.17, 15) is 4.79 Å². The summed E-state index contributed by atoms with van der Waals surface area (Å²) < 4.78 is 0. The first-order valence-electron chi connectivity index (χ1n) is 6.89. The Morgan fingerprint density at radius 2 is 1.90 bits per heavy atom. The van der Waals surface area contributed by atoms with E-state index >= 15 is 0 Å². The Hall–Kier alpha value is -2.06. The van der Waals surface area contributed by atoms with Crippen molar-refractivity contribution < 1.29 is 4.79 Å². The molecule has 0 saturated heterocycles. The van der Waals surface area contributed by atoms with E-state index in [1.165, 1.54) is 0 Å². The summed E-state index contributed by atoms with van der Waals surface area (Å²) in [6, 6.07) is 9.33. The highest BCUT2D eigenvalue weighted by Crippen LogP contribution is 2.21. The standard InChI is InChI=1S/C15H20N4O/c1-19(14-8-4-12(17)5-9-14)15(20)18-13-6-2-11(10-16)3-7-13/h2-3,6-7,12,14H,4-5,8-9,17H2,1H3,(H,18,20). The predicted molar refractivity (Wildman–Crippen MR) is 78.2 cm³/mol. The van der Waals surface area contributed by atoms with Gasteiger partial charge in [-0.05, 0) is 49.9 Å². The number of urea groups is 1. The van der Waals surface area contributed by atoms with E-state index in [2.05, 4.69) is 11.4 Å². The first-order chi connectivity index (χ1) is 9.60. The van der Waals surface area contributed by atoms with E-state index in [0.29, 0.717) is 11.3 Å². The summed E-state index contributed by atoms with van der Waals surface area (Å²) in [4.78, 5) is 13.9.